The molecule has 0 amide bonds. The van der Waals surface area contributed by atoms with Gasteiger partial charge in [0.15, 0.2) is 0 Å². The van der Waals surface area contributed by atoms with E-state index in [1.807, 2.05) is 0 Å². The summed E-state index contributed by atoms with van der Waals surface area (Å²) < 4.78 is 0. The van der Waals surface area contributed by atoms with E-state index in [9.17, 15) is 0 Å². The van der Waals surface area contributed by atoms with Crippen LogP contribution in [0.2, 0.25) is 0 Å². The van der Waals surface area contributed by atoms with Crippen LogP contribution in [0, 0.1) is 0 Å². The first-order valence-corrected chi connectivity index (χ1v) is 6.06. The summed E-state index contributed by atoms with van der Waals surface area (Å²) in [5.41, 5.74) is 8.15. The van der Waals surface area contributed by atoms with Crippen LogP contribution >= 0.6 is 11.8 Å². The molecule has 1 nitrogen and oxygen atoms in total. The van der Waals surface area contributed by atoms with Crippen molar-refractivity contribution in [3.63, 3.8) is 0 Å². The zero-order valence-corrected chi connectivity index (χ0v) is 9.60. The maximum Gasteiger partial charge on any atom is 0.0140 e. The minimum atomic E-state index is 0.654. The number of hydrogen-bond donors (Lipinski definition) is 1. The summed E-state index contributed by atoms with van der Waals surface area (Å²) in [5, 5.41) is 0. The van der Waals surface area contributed by atoms with Crippen LogP contribution in [0.3, 0.4) is 0 Å². The molecule has 0 aromatic heterocycles. The van der Waals surface area contributed by atoms with Crippen molar-refractivity contribution >= 4 is 17.8 Å². The molecule has 0 aliphatic heterocycles. The molecule has 0 aliphatic rings. The van der Waals surface area contributed by atoms with E-state index in [1.54, 1.807) is 11.8 Å². The summed E-state index contributed by atoms with van der Waals surface area (Å²) in [4.78, 5) is 1.30. The summed E-state index contributed by atoms with van der Waals surface area (Å²) >= 11 is 1.76. The van der Waals surface area contributed by atoms with Gasteiger partial charge < -0.3 is 5.73 Å². The van der Waals surface area contributed by atoms with Gasteiger partial charge in [0, 0.05) is 11.4 Å². The van der Waals surface area contributed by atoms with Crippen molar-refractivity contribution in [1.82, 2.24) is 0 Å². The smallest absolute Gasteiger partial charge is 0.0140 e. The molecule has 0 spiro atoms. The zero-order valence-electron chi connectivity index (χ0n) is 8.79. The van der Waals surface area contributed by atoms with E-state index in [0.29, 0.717) is 6.54 Å². The summed E-state index contributed by atoms with van der Waals surface area (Å²) in [7, 11) is 0. The number of nitrogens with two attached hydrogens (primary N) is 1. The van der Waals surface area contributed by atoms with Crippen molar-refractivity contribution in [1.29, 1.82) is 0 Å². The number of hydrogen-bond acceptors (Lipinski definition) is 2. The average Bonchev–Trinajstić information content (AvgIpc) is 2.26. The van der Waals surface area contributed by atoms with E-state index >= 15 is 0 Å². The second-order valence-electron chi connectivity index (χ2n) is 3.13. The van der Waals surface area contributed by atoms with Gasteiger partial charge in [-0.05, 0) is 30.4 Å². The molecule has 1 rings (SSSR count). The first-order valence-electron chi connectivity index (χ1n) is 4.83. The molecule has 1 aromatic rings. The van der Waals surface area contributed by atoms with Crippen molar-refractivity contribution < 1.29 is 0 Å². The first kappa shape index (κ1) is 11.3. The molecule has 0 bridgehead atoms. The van der Waals surface area contributed by atoms with Crippen molar-refractivity contribution in [2.45, 2.75) is 18.2 Å². The summed E-state index contributed by atoms with van der Waals surface area (Å²) in [6.45, 7) is 2.79. The first-order chi connectivity index (χ1) is 6.80. The van der Waals surface area contributed by atoms with Crippen molar-refractivity contribution in [2.24, 2.45) is 5.73 Å². The highest BCUT2D eigenvalue weighted by atomic mass is 32.2. The molecule has 2 N–H and O–H groups in total. The van der Waals surface area contributed by atoms with E-state index in [1.165, 1.54) is 16.0 Å². The Hall–Kier alpha value is -0.730. The second kappa shape index (κ2) is 5.89. The lowest BCUT2D eigenvalue weighted by Crippen LogP contribution is -2.01. The highest BCUT2D eigenvalue weighted by Crippen LogP contribution is 2.16. The van der Waals surface area contributed by atoms with Gasteiger partial charge in [-0.3, -0.25) is 0 Å². The molecule has 0 saturated carbocycles. The Bertz CT molecular complexity index is 295. The van der Waals surface area contributed by atoms with Crippen LogP contribution in [0.25, 0.3) is 6.08 Å². The van der Waals surface area contributed by atoms with Gasteiger partial charge in [-0.25, -0.2) is 0 Å². The highest BCUT2D eigenvalue weighted by Gasteiger charge is 1.93. The minimum Gasteiger partial charge on any atom is -0.327 e. The largest absolute Gasteiger partial charge is 0.327 e. The maximum absolute atomic E-state index is 5.61. The molecule has 76 valence electrons. The summed E-state index contributed by atoms with van der Waals surface area (Å²) in [5.74, 6) is 0. The summed E-state index contributed by atoms with van der Waals surface area (Å²) in [6.07, 6.45) is 5.28. The Balaban J connectivity index is 2.81. The molecule has 0 unspecified atom stereocenters. The van der Waals surface area contributed by atoms with E-state index in [-0.39, 0.29) is 0 Å². The molecular weight excluding hydrogens is 190 g/mol. The van der Waals surface area contributed by atoms with Crippen LogP contribution in [0.15, 0.2) is 34.7 Å². The van der Waals surface area contributed by atoms with Gasteiger partial charge in [0.2, 0.25) is 0 Å². The van der Waals surface area contributed by atoms with E-state index in [0.717, 1.165) is 6.42 Å². The Labute approximate surface area is 90.4 Å². The van der Waals surface area contributed by atoms with Crippen LogP contribution < -0.4 is 5.73 Å². The lowest BCUT2D eigenvalue weighted by Gasteiger charge is -2.01. The maximum atomic E-state index is 5.61. The van der Waals surface area contributed by atoms with Gasteiger partial charge in [-0.1, -0.05) is 30.7 Å². The quantitative estimate of drug-likeness (QED) is 0.767. The van der Waals surface area contributed by atoms with Crippen LogP contribution in [-0.4, -0.2) is 12.8 Å². The fraction of sp³-hybridized carbons (Fsp3) is 0.333. The van der Waals surface area contributed by atoms with Gasteiger partial charge >= 0.3 is 0 Å². The van der Waals surface area contributed by atoms with Crippen molar-refractivity contribution in [3.05, 3.63) is 35.4 Å². The molecule has 0 radical (unpaired) electrons. The molecular formula is C12H17NS. The molecule has 0 saturated heterocycles. The predicted molar refractivity (Wildman–Crippen MR) is 65.5 cm³/mol. The number of thioether (sulfide) groups is 1. The topological polar surface area (TPSA) is 26.0 Å². The van der Waals surface area contributed by atoms with Crippen LogP contribution in [0.1, 0.15) is 18.9 Å². The van der Waals surface area contributed by atoms with Crippen LogP contribution in [0.4, 0.5) is 0 Å². The number of benzene rings is 1. The molecule has 0 fully saturated rings. The highest BCUT2D eigenvalue weighted by molar-refractivity contribution is 7.98. The van der Waals surface area contributed by atoms with E-state index in [2.05, 4.69) is 43.5 Å². The van der Waals surface area contributed by atoms with Gasteiger partial charge in [0.1, 0.15) is 0 Å². The van der Waals surface area contributed by atoms with Crippen LogP contribution in [-0.2, 0) is 0 Å². The monoisotopic (exact) mass is 207 g/mol. The molecule has 14 heavy (non-hydrogen) atoms. The SMILES string of the molecule is CCC(=Cc1ccc(SC)cc1)CN. The lowest BCUT2D eigenvalue weighted by molar-refractivity contribution is 1.02. The molecule has 0 aliphatic carbocycles. The predicted octanol–water partition coefficient (Wildman–Crippen LogP) is 3.16. The Morgan fingerprint density at radius 3 is 2.43 bits per heavy atom. The Morgan fingerprint density at radius 2 is 2.00 bits per heavy atom. The van der Waals surface area contributed by atoms with Crippen LogP contribution in [0.5, 0.6) is 0 Å². The van der Waals surface area contributed by atoms with Crippen molar-refractivity contribution in [3.8, 4) is 0 Å². The third-order valence-corrected chi connectivity index (χ3v) is 2.95. The minimum absolute atomic E-state index is 0.654. The van der Waals surface area contributed by atoms with Gasteiger partial charge in [-0.2, -0.15) is 0 Å². The molecule has 1 aromatic carbocycles. The fourth-order valence-electron chi connectivity index (χ4n) is 1.24. The lowest BCUT2D eigenvalue weighted by atomic mass is 10.1. The number of rotatable bonds is 4. The van der Waals surface area contributed by atoms with E-state index < -0.39 is 0 Å². The van der Waals surface area contributed by atoms with E-state index in [4.69, 9.17) is 5.73 Å². The normalized spacial score (nSPS) is 11.8. The summed E-state index contributed by atoms with van der Waals surface area (Å²) in [6, 6.07) is 8.55. The third kappa shape index (κ3) is 3.20. The Kier molecular flexibility index (Phi) is 4.77. The fourth-order valence-corrected chi connectivity index (χ4v) is 1.65. The zero-order chi connectivity index (χ0) is 10.4. The molecule has 0 heterocycles. The molecule has 0 atom stereocenters. The van der Waals surface area contributed by atoms with Gasteiger partial charge in [0.25, 0.3) is 0 Å². The standard InChI is InChI=1S/C12H17NS/c1-3-10(9-13)8-11-4-6-12(14-2)7-5-11/h4-8H,3,9,13H2,1-2H3. The van der Waals surface area contributed by atoms with Gasteiger partial charge in [-0.15, -0.1) is 11.8 Å². The van der Waals surface area contributed by atoms with Crippen molar-refractivity contribution in [2.75, 3.05) is 12.8 Å². The second-order valence-corrected chi connectivity index (χ2v) is 4.01. The average molecular weight is 207 g/mol. The van der Waals surface area contributed by atoms with Gasteiger partial charge in [0.05, 0.1) is 0 Å². The Morgan fingerprint density at radius 1 is 1.36 bits per heavy atom. The molecule has 2 heteroatoms. The third-order valence-electron chi connectivity index (χ3n) is 2.20.